The number of halogens is 3. The van der Waals surface area contributed by atoms with Gasteiger partial charge in [-0.2, -0.15) is 0 Å². The molecular formula is C13H16ClF2NO. The predicted molar refractivity (Wildman–Crippen MR) is 67.6 cm³/mol. The Kier molecular flexibility index (Phi) is 6.05. The van der Waals surface area contributed by atoms with Gasteiger partial charge in [-0.05, 0) is 37.5 Å². The van der Waals surface area contributed by atoms with Gasteiger partial charge in [0, 0.05) is 11.9 Å². The molecule has 5 heteroatoms. The standard InChI is InChI=1S/C13H16ClF2NO/c1-9(3-2-6-14)17-13(18)8-10-4-5-11(15)12(16)7-10/h4-5,7,9H,2-3,6,8H2,1H3,(H,17,18). The largest absolute Gasteiger partial charge is 0.353 e. The summed E-state index contributed by atoms with van der Waals surface area (Å²) in [6, 6.07) is 3.50. The molecule has 1 atom stereocenters. The number of carbonyl (C=O) groups is 1. The van der Waals surface area contributed by atoms with Crippen LogP contribution in [0.25, 0.3) is 0 Å². The third-order valence-corrected chi connectivity index (χ3v) is 2.79. The predicted octanol–water partition coefficient (Wildman–Crippen LogP) is 3.03. The van der Waals surface area contributed by atoms with Gasteiger partial charge in [-0.15, -0.1) is 11.6 Å². The average molecular weight is 276 g/mol. The van der Waals surface area contributed by atoms with Gasteiger partial charge in [0.1, 0.15) is 0 Å². The van der Waals surface area contributed by atoms with Gasteiger partial charge in [0.2, 0.25) is 5.91 Å². The highest BCUT2D eigenvalue weighted by atomic mass is 35.5. The molecule has 0 radical (unpaired) electrons. The third kappa shape index (κ3) is 5.00. The first-order valence-corrected chi connectivity index (χ1v) is 6.35. The van der Waals surface area contributed by atoms with Crippen molar-refractivity contribution in [3.8, 4) is 0 Å². The molecule has 1 unspecified atom stereocenters. The van der Waals surface area contributed by atoms with Gasteiger partial charge in [0.25, 0.3) is 0 Å². The van der Waals surface area contributed by atoms with Crippen molar-refractivity contribution in [3.05, 3.63) is 35.4 Å². The monoisotopic (exact) mass is 275 g/mol. The van der Waals surface area contributed by atoms with Crippen molar-refractivity contribution in [1.29, 1.82) is 0 Å². The second kappa shape index (κ2) is 7.31. The lowest BCUT2D eigenvalue weighted by molar-refractivity contribution is -0.121. The second-order valence-electron chi connectivity index (χ2n) is 4.23. The van der Waals surface area contributed by atoms with Crippen molar-refractivity contribution in [2.24, 2.45) is 0 Å². The third-order valence-electron chi connectivity index (χ3n) is 2.53. The van der Waals surface area contributed by atoms with Crippen LogP contribution in [0.1, 0.15) is 25.3 Å². The summed E-state index contributed by atoms with van der Waals surface area (Å²) in [6.07, 6.45) is 1.67. The molecule has 0 fully saturated rings. The van der Waals surface area contributed by atoms with Gasteiger partial charge in [0.15, 0.2) is 11.6 Å². The van der Waals surface area contributed by atoms with Crippen LogP contribution in [0.2, 0.25) is 0 Å². The lowest BCUT2D eigenvalue weighted by atomic mass is 10.1. The van der Waals surface area contributed by atoms with E-state index in [4.69, 9.17) is 11.6 Å². The SMILES string of the molecule is CC(CCCCl)NC(=O)Cc1ccc(F)c(F)c1. The van der Waals surface area contributed by atoms with Crippen LogP contribution in [0.4, 0.5) is 8.78 Å². The molecular weight excluding hydrogens is 260 g/mol. The van der Waals surface area contributed by atoms with Crippen molar-refractivity contribution in [2.75, 3.05) is 5.88 Å². The zero-order valence-corrected chi connectivity index (χ0v) is 10.9. The highest BCUT2D eigenvalue weighted by Gasteiger charge is 2.09. The molecule has 0 aliphatic rings. The fraction of sp³-hybridized carbons (Fsp3) is 0.462. The smallest absolute Gasteiger partial charge is 0.224 e. The molecule has 2 nitrogen and oxygen atoms in total. The first-order valence-electron chi connectivity index (χ1n) is 5.82. The molecule has 1 N–H and O–H groups in total. The molecule has 1 aromatic rings. The number of carbonyl (C=O) groups excluding carboxylic acids is 1. The Bertz CT molecular complexity index is 412. The molecule has 0 aliphatic carbocycles. The molecule has 1 amide bonds. The highest BCUT2D eigenvalue weighted by molar-refractivity contribution is 6.17. The van der Waals surface area contributed by atoms with Crippen molar-refractivity contribution >= 4 is 17.5 Å². The molecule has 0 spiro atoms. The maximum absolute atomic E-state index is 12.9. The van der Waals surface area contributed by atoms with Crippen LogP contribution in [-0.2, 0) is 11.2 Å². The summed E-state index contributed by atoms with van der Waals surface area (Å²) in [5.74, 6) is -1.49. The molecule has 1 rings (SSSR count). The Hall–Kier alpha value is -1.16. The number of hydrogen-bond donors (Lipinski definition) is 1. The maximum Gasteiger partial charge on any atom is 0.224 e. The summed E-state index contributed by atoms with van der Waals surface area (Å²) in [4.78, 5) is 11.6. The Morgan fingerprint density at radius 1 is 1.39 bits per heavy atom. The molecule has 0 heterocycles. The van der Waals surface area contributed by atoms with E-state index in [1.165, 1.54) is 6.07 Å². The van der Waals surface area contributed by atoms with Gasteiger partial charge < -0.3 is 5.32 Å². The van der Waals surface area contributed by atoms with Crippen LogP contribution in [0.5, 0.6) is 0 Å². The molecule has 0 saturated heterocycles. The molecule has 0 bridgehead atoms. The Morgan fingerprint density at radius 2 is 2.11 bits per heavy atom. The van der Waals surface area contributed by atoms with Crippen LogP contribution >= 0.6 is 11.6 Å². The van der Waals surface area contributed by atoms with E-state index in [1.54, 1.807) is 0 Å². The topological polar surface area (TPSA) is 29.1 Å². The van der Waals surface area contributed by atoms with E-state index >= 15 is 0 Å². The average Bonchev–Trinajstić information content (AvgIpc) is 2.31. The number of alkyl halides is 1. The fourth-order valence-corrected chi connectivity index (χ4v) is 1.77. The van der Waals surface area contributed by atoms with E-state index in [9.17, 15) is 13.6 Å². The number of hydrogen-bond acceptors (Lipinski definition) is 1. The first-order chi connectivity index (χ1) is 8.52. The zero-order valence-electron chi connectivity index (χ0n) is 10.2. The minimum absolute atomic E-state index is 0.0292. The van der Waals surface area contributed by atoms with Crippen LogP contribution in [0.3, 0.4) is 0 Å². The summed E-state index contributed by atoms with van der Waals surface area (Å²) in [5, 5.41) is 2.78. The van der Waals surface area contributed by atoms with E-state index < -0.39 is 11.6 Å². The first kappa shape index (κ1) is 14.9. The van der Waals surface area contributed by atoms with Crippen LogP contribution in [0.15, 0.2) is 18.2 Å². The molecule has 1 aromatic carbocycles. The van der Waals surface area contributed by atoms with E-state index in [0.717, 1.165) is 25.0 Å². The van der Waals surface area contributed by atoms with E-state index in [1.807, 2.05) is 6.92 Å². The van der Waals surface area contributed by atoms with Crippen molar-refractivity contribution in [2.45, 2.75) is 32.2 Å². The lowest BCUT2D eigenvalue weighted by Gasteiger charge is -2.13. The van der Waals surface area contributed by atoms with Crippen molar-refractivity contribution < 1.29 is 13.6 Å². The van der Waals surface area contributed by atoms with Gasteiger partial charge in [-0.1, -0.05) is 6.07 Å². The molecule has 100 valence electrons. The van der Waals surface area contributed by atoms with E-state index in [2.05, 4.69) is 5.32 Å². The van der Waals surface area contributed by atoms with Gasteiger partial charge in [0.05, 0.1) is 6.42 Å². The van der Waals surface area contributed by atoms with Gasteiger partial charge in [-0.25, -0.2) is 8.78 Å². The number of nitrogens with one attached hydrogen (secondary N) is 1. The van der Waals surface area contributed by atoms with Crippen molar-refractivity contribution in [3.63, 3.8) is 0 Å². The Labute approximate surface area is 110 Å². The summed E-state index contributed by atoms with van der Waals surface area (Å²) in [7, 11) is 0. The molecule has 0 saturated carbocycles. The molecule has 0 aliphatic heterocycles. The van der Waals surface area contributed by atoms with E-state index in [0.29, 0.717) is 11.4 Å². The number of rotatable bonds is 6. The number of benzene rings is 1. The van der Waals surface area contributed by atoms with Gasteiger partial charge >= 0.3 is 0 Å². The fourth-order valence-electron chi connectivity index (χ4n) is 1.62. The number of amides is 1. The minimum Gasteiger partial charge on any atom is -0.353 e. The summed E-state index contributed by atoms with van der Waals surface area (Å²) in [5.41, 5.74) is 0.455. The molecule has 0 aromatic heterocycles. The van der Waals surface area contributed by atoms with Gasteiger partial charge in [-0.3, -0.25) is 4.79 Å². The minimum atomic E-state index is -0.935. The normalized spacial score (nSPS) is 12.2. The van der Waals surface area contributed by atoms with Crippen LogP contribution in [-0.4, -0.2) is 17.8 Å². The van der Waals surface area contributed by atoms with Crippen LogP contribution < -0.4 is 5.32 Å². The summed E-state index contributed by atoms with van der Waals surface area (Å²) >= 11 is 5.55. The Morgan fingerprint density at radius 3 is 2.72 bits per heavy atom. The second-order valence-corrected chi connectivity index (χ2v) is 4.60. The van der Waals surface area contributed by atoms with E-state index in [-0.39, 0.29) is 18.4 Å². The Balaban J connectivity index is 2.46. The zero-order chi connectivity index (χ0) is 13.5. The lowest BCUT2D eigenvalue weighted by Crippen LogP contribution is -2.33. The summed E-state index contributed by atoms with van der Waals surface area (Å²) < 4.78 is 25.6. The van der Waals surface area contributed by atoms with Crippen molar-refractivity contribution in [1.82, 2.24) is 5.32 Å². The maximum atomic E-state index is 12.9. The highest BCUT2D eigenvalue weighted by Crippen LogP contribution is 2.09. The molecule has 18 heavy (non-hydrogen) atoms. The van der Waals surface area contributed by atoms with Crippen LogP contribution in [0, 0.1) is 11.6 Å². The quantitative estimate of drug-likeness (QED) is 0.795. The summed E-state index contributed by atoms with van der Waals surface area (Å²) in [6.45, 7) is 1.88.